The number of carbonyl (C=O) groups excluding carboxylic acids is 1. The molecule has 23 heavy (non-hydrogen) atoms. The first kappa shape index (κ1) is 16.5. The van der Waals surface area contributed by atoms with Crippen LogP contribution in [0.25, 0.3) is 0 Å². The number of likely N-dealkylation sites (tertiary alicyclic amines) is 2. The van der Waals surface area contributed by atoms with Crippen molar-refractivity contribution in [3.05, 3.63) is 35.9 Å². The minimum Gasteiger partial charge on any atom is -0.462 e. The van der Waals surface area contributed by atoms with Crippen molar-refractivity contribution in [2.45, 2.75) is 51.3 Å². The van der Waals surface area contributed by atoms with Crippen molar-refractivity contribution in [1.29, 1.82) is 0 Å². The number of rotatable bonds is 4. The molecule has 0 bridgehead atoms. The number of hydrogen-bond acceptors (Lipinski definition) is 4. The molecule has 0 N–H and O–H groups in total. The van der Waals surface area contributed by atoms with Gasteiger partial charge >= 0.3 is 5.97 Å². The predicted molar refractivity (Wildman–Crippen MR) is 91.1 cm³/mol. The van der Waals surface area contributed by atoms with E-state index in [1.165, 1.54) is 38.4 Å². The molecule has 2 fully saturated rings. The van der Waals surface area contributed by atoms with Crippen molar-refractivity contribution in [1.82, 2.24) is 9.80 Å². The largest absolute Gasteiger partial charge is 0.462 e. The van der Waals surface area contributed by atoms with Gasteiger partial charge in [0, 0.05) is 32.6 Å². The van der Waals surface area contributed by atoms with E-state index >= 15 is 0 Å². The number of piperidine rings is 2. The van der Waals surface area contributed by atoms with Crippen LogP contribution in [-0.2, 0) is 16.1 Å². The van der Waals surface area contributed by atoms with Gasteiger partial charge in [-0.1, -0.05) is 30.3 Å². The first-order valence-electron chi connectivity index (χ1n) is 8.88. The highest BCUT2D eigenvalue weighted by Crippen LogP contribution is 2.23. The monoisotopic (exact) mass is 316 g/mol. The third-order valence-corrected chi connectivity index (χ3v) is 5.13. The van der Waals surface area contributed by atoms with Gasteiger partial charge in [0.2, 0.25) is 0 Å². The van der Waals surface area contributed by atoms with Crippen LogP contribution in [0.1, 0.15) is 38.2 Å². The first-order chi connectivity index (χ1) is 11.2. The molecule has 1 aromatic rings. The van der Waals surface area contributed by atoms with Crippen LogP contribution in [-0.4, -0.2) is 54.1 Å². The molecule has 0 amide bonds. The highest BCUT2D eigenvalue weighted by molar-refractivity contribution is 5.66. The molecule has 4 nitrogen and oxygen atoms in total. The second-order valence-electron chi connectivity index (χ2n) is 6.84. The number of hydrogen-bond donors (Lipinski definition) is 0. The molecule has 3 rings (SSSR count). The van der Waals surface area contributed by atoms with Crippen molar-refractivity contribution in [3.63, 3.8) is 0 Å². The Labute approximate surface area is 139 Å². The van der Waals surface area contributed by atoms with Gasteiger partial charge in [-0.2, -0.15) is 0 Å². The zero-order chi connectivity index (χ0) is 16.1. The van der Waals surface area contributed by atoms with E-state index in [1.54, 1.807) is 0 Å². The van der Waals surface area contributed by atoms with Crippen LogP contribution < -0.4 is 0 Å². The quantitative estimate of drug-likeness (QED) is 0.800. The number of esters is 1. The summed E-state index contributed by atoms with van der Waals surface area (Å²) in [7, 11) is 0. The summed E-state index contributed by atoms with van der Waals surface area (Å²) in [4.78, 5) is 16.2. The van der Waals surface area contributed by atoms with Crippen LogP contribution in [0, 0.1) is 0 Å². The Balaban J connectivity index is 1.40. The van der Waals surface area contributed by atoms with Crippen LogP contribution in [0.2, 0.25) is 0 Å². The lowest BCUT2D eigenvalue weighted by Gasteiger charge is -2.41. The maximum atomic E-state index is 11.0. The SMILES string of the molecule is CC(=O)OC1CCN(C2CCN(Cc3ccccc3)CC2)CC1. The van der Waals surface area contributed by atoms with Crippen molar-refractivity contribution >= 4 is 5.97 Å². The Kier molecular flexibility index (Phi) is 5.68. The van der Waals surface area contributed by atoms with Crippen molar-refractivity contribution in [2.24, 2.45) is 0 Å². The maximum absolute atomic E-state index is 11.0. The van der Waals surface area contributed by atoms with E-state index in [0.717, 1.165) is 32.5 Å². The lowest BCUT2D eigenvalue weighted by Crippen LogP contribution is -2.48. The second kappa shape index (κ2) is 7.93. The highest BCUT2D eigenvalue weighted by atomic mass is 16.5. The molecule has 0 unspecified atom stereocenters. The van der Waals surface area contributed by atoms with Gasteiger partial charge in [0.25, 0.3) is 0 Å². The molecule has 0 spiro atoms. The van der Waals surface area contributed by atoms with E-state index < -0.39 is 0 Å². The second-order valence-corrected chi connectivity index (χ2v) is 6.84. The predicted octanol–water partition coefficient (Wildman–Crippen LogP) is 2.68. The standard InChI is InChI=1S/C19H28N2O2/c1-16(22)23-19-9-13-21(14-10-19)18-7-11-20(12-8-18)15-17-5-3-2-4-6-17/h2-6,18-19H,7-15H2,1H3. The minimum absolute atomic E-state index is 0.141. The Morgan fingerprint density at radius 1 is 1.04 bits per heavy atom. The summed E-state index contributed by atoms with van der Waals surface area (Å²) in [6, 6.07) is 11.5. The highest BCUT2D eigenvalue weighted by Gasteiger charge is 2.29. The molecule has 1 aromatic carbocycles. The van der Waals surface area contributed by atoms with Gasteiger partial charge in [0.05, 0.1) is 0 Å². The Morgan fingerprint density at radius 2 is 1.70 bits per heavy atom. The topological polar surface area (TPSA) is 32.8 Å². The van der Waals surface area contributed by atoms with Gasteiger partial charge in [-0.15, -0.1) is 0 Å². The van der Waals surface area contributed by atoms with E-state index in [-0.39, 0.29) is 12.1 Å². The van der Waals surface area contributed by atoms with Crippen LogP contribution in [0.5, 0.6) is 0 Å². The fourth-order valence-electron chi connectivity index (χ4n) is 3.88. The summed E-state index contributed by atoms with van der Waals surface area (Å²) < 4.78 is 5.34. The van der Waals surface area contributed by atoms with Gasteiger partial charge in [-0.25, -0.2) is 0 Å². The fraction of sp³-hybridized carbons (Fsp3) is 0.632. The Morgan fingerprint density at radius 3 is 2.30 bits per heavy atom. The zero-order valence-corrected chi connectivity index (χ0v) is 14.1. The summed E-state index contributed by atoms with van der Waals surface area (Å²) in [5, 5.41) is 0. The number of benzene rings is 1. The van der Waals surface area contributed by atoms with Gasteiger partial charge in [0.15, 0.2) is 0 Å². The number of ether oxygens (including phenoxy) is 1. The van der Waals surface area contributed by atoms with Gasteiger partial charge in [-0.3, -0.25) is 9.69 Å². The normalized spacial score (nSPS) is 22.1. The molecule has 0 radical (unpaired) electrons. The molecular formula is C19H28N2O2. The van der Waals surface area contributed by atoms with Crippen LogP contribution in [0.3, 0.4) is 0 Å². The first-order valence-corrected chi connectivity index (χ1v) is 8.88. The molecule has 2 aliphatic rings. The molecule has 0 atom stereocenters. The summed E-state index contributed by atoms with van der Waals surface area (Å²) in [5.74, 6) is -0.141. The van der Waals surface area contributed by atoms with Gasteiger partial charge in [0.1, 0.15) is 6.10 Å². The Bertz CT molecular complexity index is 489. The number of nitrogens with zero attached hydrogens (tertiary/aromatic N) is 2. The van der Waals surface area contributed by atoms with Crippen LogP contribution in [0.4, 0.5) is 0 Å². The summed E-state index contributed by atoms with van der Waals surface area (Å²) >= 11 is 0. The van der Waals surface area contributed by atoms with Gasteiger partial charge < -0.3 is 9.64 Å². The van der Waals surface area contributed by atoms with E-state index in [2.05, 4.69) is 40.1 Å². The molecule has 4 heteroatoms. The molecule has 0 aliphatic carbocycles. The fourth-order valence-corrected chi connectivity index (χ4v) is 3.88. The lowest BCUT2D eigenvalue weighted by atomic mass is 9.98. The molecule has 126 valence electrons. The van der Waals surface area contributed by atoms with Gasteiger partial charge in [-0.05, 0) is 44.3 Å². The molecule has 2 saturated heterocycles. The summed E-state index contributed by atoms with van der Waals surface area (Å²) in [6.07, 6.45) is 4.63. The maximum Gasteiger partial charge on any atom is 0.302 e. The van der Waals surface area contributed by atoms with Crippen LogP contribution in [0.15, 0.2) is 30.3 Å². The summed E-state index contributed by atoms with van der Waals surface area (Å²) in [5.41, 5.74) is 1.41. The van der Waals surface area contributed by atoms with Crippen molar-refractivity contribution in [2.75, 3.05) is 26.2 Å². The molecule has 0 saturated carbocycles. The van der Waals surface area contributed by atoms with E-state index in [1.807, 2.05) is 0 Å². The molecular weight excluding hydrogens is 288 g/mol. The van der Waals surface area contributed by atoms with E-state index in [4.69, 9.17) is 4.74 Å². The third-order valence-electron chi connectivity index (χ3n) is 5.13. The molecule has 2 aliphatic heterocycles. The van der Waals surface area contributed by atoms with Crippen LogP contribution >= 0.6 is 0 Å². The smallest absolute Gasteiger partial charge is 0.302 e. The Hall–Kier alpha value is -1.39. The van der Waals surface area contributed by atoms with Crippen molar-refractivity contribution < 1.29 is 9.53 Å². The average molecular weight is 316 g/mol. The van der Waals surface area contributed by atoms with E-state index in [0.29, 0.717) is 6.04 Å². The third kappa shape index (κ3) is 4.79. The molecule has 2 heterocycles. The number of carbonyl (C=O) groups is 1. The average Bonchev–Trinajstić information content (AvgIpc) is 2.57. The molecule has 0 aromatic heterocycles. The minimum atomic E-state index is -0.141. The summed E-state index contributed by atoms with van der Waals surface area (Å²) in [6.45, 7) is 7.09. The lowest BCUT2D eigenvalue weighted by molar-refractivity contribution is -0.148. The zero-order valence-electron chi connectivity index (χ0n) is 14.1. The van der Waals surface area contributed by atoms with E-state index in [9.17, 15) is 4.79 Å². The van der Waals surface area contributed by atoms with Crippen molar-refractivity contribution in [3.8, 4) is 0 Å².